The number of thioether (sulfide) groups is 1. The molecule has 0 saturated carbocycles. The van der Waals surface area contributed by atoms with Gasteiger partial charge in [-0.25, -0.2) is 0 Å². The van der Waals surface area contributed by atoms with E-state index < -0.39 is 0 Å². The first-order valence-electron chi connectivity index (χ1n) is 10.6. The molecule has 4 rings (SSSR count). The van der Waals surface area contributed by atoms with Crippen LogP contribution >= 0.6 is 11.8 Å². The third kappa shape index (κ3) is 4.60. The number of para-hydroxylation sites is 1. The van der Waals surface area contributed by atoms with Gasteiger partial charge in [-0.15, -0.1) is 11.8 Å². The first-order valence-corrected chi connectivity index (χ1v) is 11.4. The number of nitrogens with one attached hydrogen (secondary N) is 1. The highest BCUT2D eigenvalue weighted by atomic mass is 32.2. The molecule has 2 aliphatic heterocycles. The molecule has 6 heteroatoms. The second kappa shape index (κ2) is 8.90. The number of methoxy groups -OCH3 is 1. The molecule has 1 fully saturated rings. The van der Waals surface area contributed by atoms with E-state index in [1.54, 1.807) is 18.9 Å². The topological polar surface area (TPSA) is 50.8 Å². The van der Waals surface area contributed by atoms with Crippen molar-refractivity contribution in [1.82, 2.24) is 10.2 Å². The zero-order valence-electron chi connectivity index (χ0n) is 17.9. The predicted octanol–water partition coefficient (Wildman–Crippen LogP) is 4.28. The van der Waals surface area contributed by atoms with Gasteiger partial charge in [-0.05, 0) is 57.1 Å². The number of rotatable bonds is 5. The fourth-order valence-electron chi connectivity index (χ4n) is 4.28. The molecule has 2 atom stereocenters. The van der Waals surface area contributed by atoms with E-state index in [9.17, 15) is 4.79 Å². The predicted molar refractivity (Wildman–Crippen MR) is 120 cm³/mol. The first kappa shape index (κ1) is 21.1. The molecule has 0 bridgehead atoms. The Hall–Kier alpha value is -2.18. The van der Waals surface area contributed by atoms with Gasteiger partial charge in [0.05, 0.1) is 18.4 Å². The molecule has 1 spiro atoms. The Morgan fingerprint density at radius 2 is 1.90 bits per heavy atom. The van der Waals surface area contributed by atoms with E-state index in [-0.39, 0.29) is 22.8 Å². The lowest BCUT2D eigenvalue weighted by Gasteiger charge is -2.46. The van der Waals surface area contributed by atoms with Gasteiger partial charge >= 0.3 is 0 Å². The number of carbonyl (C=O) groups excluding carboxylic acids is 1. The van der Waals surface area contributed by atoms with Crippen LogP contribution in [0.15, 0.2) is 53.4 Å². The molecule has 2 aromatic carbocycles. The van der Waals surface area contributed by atoms with Gasteiger partial charge in [-0.2, -0.15) is 0 Å². The molecule has 2 aliphatic rings. The maximum absolute atomic E-state index is 13.1. The van der Waals surface area contributed by atoms with E-state index >= 15 is 0 Å². The molecule has 2 unspecified atom stereocenters. The van der Waals surface area contributed by atoms with Crippen molar-refractivity contribution in [1.29, 1.82) is 0 Å². The zero-order valence-corrected chi connectivity index (χ0v) is 18.7. The van der Waals surface area contributed by atoms with Gasteiger partial charge < -0.3 is 19.7 Å². The molecule has 0 aliphatic carbocycles. The summed E-state index contributed by atoms with van der Waals surface area (Å²) in [6.45, 7) is 4.00. The number of amides is 1. The average Bonchev–Trinajstić information content (AvgIpc) is 2.76. The van der Waals surface area contributed by atoms with Crippen LogP contribution in [0.2, 0.25) is 0 Å². The monoisotopic (exact) mass is 426 g/mol. The first-order chi connectivity index (χ1) is 14.5. The van der Waals surface area contributed by atoms with E-state index in [1.165, 1.54) is 0 Å². The summed E-state index contributed by atoms with van der Waals surface area (Å²) in [5, 5.41) is 3.13. The van der Waals surface area contributed by atoms with E-state index in [2.05, 4.69) is 23.3 Å². The van der Waals surface area contributed by atoms with Crippen LogP contribution in [0.25, 0.3) is 0 Å². The van der Waals surface area contributed by atoms with Crippen LogP contribution in [-0.2, 0) is 4.79 Å². The van der Waals surface area contributed by atoms with Crippen LogP contribution in [0.3, 0.4) is 0 Å². The Balaban J connectivity index is 1.47. The van der Waals surface area contributed by atoms with Crippen LogP contribution in [0.4, 0.5) is 0 Å². The molecule has 30 heavy (non-hydrogen) atoms. The van der Waals surface area contributed by atoms with E-state index in [4.69, 9.17) is 9.47 Å². The van der Waals surface area contributed by atoms with Gasteiger partial charge in [0.25, 0.3) is 0 Å². The van der Waals surface area contributed by atoms with Gasteiger partial charge in [0.2, 0.25) is 5.91 Å². The van der Waals surface area contributed by atoms with Gasteiger partial charge in [0.15, 0.2) is 0 Å². The molecular formula is C24H30N2O3S. The Morgan fingerprint density at radius 3 is 2.60 bits per heavy atom. The number of benzene rings is 2. The summed E-state index contributed by atoms with van der Waals surface area (Å²) >= 11 is 1.56. The molecule has 2 aromatic rings. The maximum atomic E-state index is 13.1. The Kier molecular flexibility index (Phi) is 6.25. The fraction of sp³-hybridized carbons (Fsp3) is 0.458. The van der Waals surface area contributed by atoms with Gasteiger partial charge in [-0.3, -0.25) is 4.79 Å². The zero-order chi connectivity index (χ0) is 21.1. The lowest BCUT2D eigenvalue weighted by molar-refractivity contribution is -0.121. The molecule has 2 heterocycles. The molecule has 0 aromatic heterocycles. The van der Waals surface area contributed by atoms with Crippen LogP contribution in [-0.4, -0.2) is 48.9 Å². The molecule has 5 nitrogen and oxygen atoms in total. The molecule has 1 amide bonds. The number of nitrogens with zero attached hydrogens (tertiary/aromatic N) is 1. The third-order valence-electron chi connectivity index (χ3n) is 6.15. The quantitative estimate of drug-likeness (QED) is 0.723. The van der Waals surface area contributed by atoms with Crippen molar-refractivity contribution in [2.75, 3.05) is 27.2 Å². The summed E-state index contributed by atoms with van der Waals surface area (Å²) in [4.78, 5) is 16.5. The fourth-order valence-corrected chi connectivity index (χ4v) is 5.16. The Morgan fingerprint density at radius 1 is 1.20 bits per heavy atom. The van der Waals surface area contributed by atoms with Crippen molar-refractivity contribution in [2.45, 2.75) is 48.0 Å². The maximum Gasteiger partial charge on any atom is 0.233 e. The highest BCUT2D eigenvalue weighted by Gasteiger charge is 2.43. The Bertz CT molecular complexity index is 878. The second-order valence-electron chi connectivity index (χ2n) is 8.33. The van der Waals surface area contributed by atoms with Crippen LogP contribution in [0.5, 0.6) is 11.5 Å². The minimum Gasteiger partial charge on any atom is -0.497 e. The smallest absolute Gasteiger partial charge is 0.233 e. The van der Waals surface area contributed by atoms with Crippen molar-refractivity contribution in [3.05, 3.63) is 54.1 Å². The van der Waals surface area contributed by atoms with Crippen molar-refractivity contribution >= 4 is 17.7 Å². The minimum atomic E-state index is -0.193. The van der Waals surface area contributed by atoms with Crippen LogP contribution in [0.1, 0.15) is 37.8 Å². The highest BCUT2D eigenvalue weighted by molar-refractivity contribution is 8.00. The van der Waals surface area contributed by atoms with Crippen molar-refractivity contribution in [2.24, 2.45) is 0 Å². The second-order valence-corrected chi connectivity index (χ2v) is 9.74. The lowest BCUT2D eigenvalue weighted by atomic mass is 9.80. The number of hydrogen-bond acceptors (Lipinski definition) is 5. The van der Waals surface area contributed by atoms with Gasteiger partial charge in [-0.1, -0.05) is 18.2 Å². The number of carbonyl (C=O) groups is 1. The number of likely N-dealkylation sites (tertiary alicyclic amines) is 1. The average molecular weight is 427 g/mol. The SMILES string of the molecule is COc1ccc(SC(C)C(=O)NC2CC3(CCN(C)CC3)Oc3ccccc32)cc1. The summed E-state index contributed by atoms with van der Waals surface area (Å²) in [7, 11) is 3.81. The van der Waals surface area contributed by atoms with E-state index in [0.717, 1.165) is 54.3 Å². The van der Waals surface area contributed by atoms with Crippen molar-refractivity contribution in [3.63, 3.8) is 0 Å². The lowest BCUT2D eigenvalue weighted by Crippen LogP contribution is -2.52. The summed E-state index contributed by atoms with van der Waals surface area (Å²) in [5.74, 6) is 1.79. The van der Waals surface area contributed by atoms with Gasteiger partial charge in [0.1, 0.15) is 17.1 Å². The molecule has 1 N–H and O–H groups in total. The van der Waals surface area contributed by atoms with E-state index in [0.29, 0.717) is 0 Å². The van der Waals surface area contributed by atoms with Crippen molar-refractivity contribution in [3.8, 4) is 11.5 Å². The largest absolute Gasteiger partial charge is 0.497 e. The number of piperidine rings is 1. The molecule has 0 radical (unpaired) electrons. The normalized spacial score (nSPS) is 21.4. The number of hydrogen-bond donors (Lipinski definition) is 1. The summed E-state index contributed by atoms with van der Waals surface area (Å²) in [6.07, 6.45) is 2.80. The minimum absolute atomic E-state index is 0.0234. The number of ether oxygens (including phenoxy) is 2. The summed E-state index contributed by atoms with van der Waals surface area (Å²) in [5.41, 5.74) is 0.891. The van der Waals surface area contributed by atoms with Gasteiger partial charge in [0, 0.05) is 30.0 Å². The summed E-state index contributed by atoms with van der Waals surface area (Å²) in [6, 6.07) is 15.9. The Labute approximate surface area is 183 Å². The molecule has 1 saturated heterocycles. The van der Waals surface area contributed by atoms with Crippen LogP contribution in [0, 0.1) is 0 Å². The summed E-state index contributed by atoms with van der Waals surface area (Å²) < 4.78 is 11.7. The molecular weight excluding hydrogens is 396 g/mol. The van der Waals surface area contributed by atoms with E-state index in [1.807, 2.05) is 49.4 Å². The molecule has 160 valence electrons. The highest BCUT2D eigenvalue weighted by Crippen LogP contribution is 2.44. The van der Waals surface area contributed by atoms with Crippen molar-refractivity contribution < 1.29 is 14.3 Å². The standard InChI is InChI=1S/C24H30N2O3S/c1-17(30-19-10-8-18(28-3)9-11-19)23(27)25-21-16-24(12-14-26(2)15-13-24)29-22-7-5-4-6-20(21)22/h4-11,17,21H,12-16H2,1-3H3,(H,25,27). The third-order valence-corrected chi connectivity index (χ3v) is 7.27. The number of fused-ring (bicyclic) bond motifs is 1. The van der Waals surface area contributed by atoms with Crippen LogP contribution < -0.4 is 14.8 Å².